The number of carbonyl (C=O) groups excluding carboxylic acids is 1. The number of amides is 1. The van der Waals surface area contributed by atoms with E-state index in [2.05, 4.69) is 10.3 Å². The average Bonchev–Trinajstić information content (AvgIpc) is 3.16. The van der Waals surface area contributed by atoms with E-state index in [-0.39, 0.29) is 10.5 Å². The van der Waals surface area contributed by atoms with Gasteiger partial charge >= 0.3 is 0 Å². The van der Waals surface area contributed by atoms with Gasteiger partial charge in [-0.1, -0.05) is 13.0 Å². The van der Waals surface area contributed by atoms with Gasteiger partial charge in [0.25, 0.3) is 5.91 Å². The van der Waals surface area contributed by atoms with Crippen molar-refractivity contribution in [3.8, 4) is 5.75 Å². The molecule has 3 N–H and O–H groups in total. The first-order chi connectivity index (χ1) is 13.8. The van der Waals surface area contributed by atoms with Gasteiger partial charge in [0.05, 0.1) is 28.3 Å². The Hall–Kier alpha value is -3.13. The maximum atomic E-state index is 12.4. The van der Waals surface area contributed by atoms with E-state index < -0.39 is 15.7 Å². The van der Waals surface area contributed by atoms with Crippen molar-refractivity contribution in [1.29, 1.82) is 0 Å². The molecule has 29 heavy (non-hydrogen) atoms. The predicted octanol–water partition coefficient (Wildman–Crippen LogP) is 2.98. The van der Waals surface area contributed by atoms with E-state index in [0.717, 1.165) is 35.2 Å². The third-order valence-electron chi connectivity index (χ3n) is 5.07. The van der Waals surface area contributed by atoms with E-state index in [1.54, 1.807) is 6.07 Å². The Bertz CT molecular complexity index is 1250. The molecule has 0 spiro atoms. The zero-order valence-corrected chi connectivity index (χ0v) is 17.0. The average molecular weight is 411 g/mol. The van der Waals surface area contributed by atoms with Gasteiger partial charge in [-0.25, -0.2) is 8.42 Å². The predicted molar refractivity (Wildman–Crippen MR) is 112 cm³/mol. The van der Waals surface area contributed by atoms with Crippen molar-refractivity contribution in [2.24, 2.45) is 5.73 Å². The van der Waals surface area contributed by atoms with Crippen molar-refractivity contribution in [3.05, 3.63) is 53.2 Å². The SMILES string of the molecule is CCc1cc(S(C)(=O)=O)c2ncc(C(N)=O)c(Nc3cccc4c3CCO4)c2c1. The lowest BCUT2D eigenvalue weighted by atomic mass is 10.0. The van der Waals surface area contributed by atoms with Crippen LogP contribution in [-0.2, 0) is 22.7 Å². The molecule has 3 aromatic rings. The Labute approximate surface area is 168 Å². The fourth-order valence-corrected chi connectivity index (χ4v) is 4.49. The van der Waals surface area contributed by atoms with Crippen LogP contribution in [0, 0.1) is 0 Å². The van der Waals surface area contributed by atoms with Crippen LogP contribution in [0.15, 0.2) is 41.4 Å². The van der Waals surface area contributed by atoms with Crippen LogP contribution in [0.5, 0.6) is 5.75 Å². The number of primary amides is 1. The third kappa shape index (κ3) is 3.40. The van der Waals surface area contributed by atoms with E-state index in [1.807, 2.05) is 31.2 Å². The highest BCUT2D eigenvalue weighted by molar-refractivity contribution is 7.91. The number of aromatic nitrogens is 1. The molecule has 0 saturated heterocycles. The van der Waals surface area contributed by atoms with Crippen LogP contribution in [-0.4, -0.2) is 32.2 Å². The second-order valence-electron chi connectivity index (χ2n) is 7.03. The number of rotatable bonds is 5. The maximum Gasteiger partial charge on any atom is 0.252 e. The molecule has 1 aliphatic heterocycles. The number of hydrogen-bond donors (Lipinski definition) is 2. The molecule has 0 atom stereocenters. The second kappa shape index (κ2) is 7.04. The Morgan fingerprint density at radius 2 is 2.10 bits per heavy atom. The number of ether oxygens (including phenoxy) is 1. The lowest BCUT2D eigenvalue weighted by molar-refractivity contribution is 0.100. The molecule has 0 radical (unpaired) electrons. The maximum absolute atomic E-state index is 12.4. The van der Waals surface area contributed by atoms with Crippen molar-refractivity contribution in [3.63, 3.8) is 0 Å². The normalized spacial score (nSPS) is 13.2. The molecule has 0 bridgehead atoms. The summed E-state index contributed by atoms with van der Waals surface area (Å²) < 4.78 is 30.4. The molecule has 1 aromatic heterocycles. The van der Waals surface area contributed by atoms with Gasteiger partial charge in [-0.15, -0.1) is 0 Å². The number of sulfone groups is 1. The topological polar surface area (TPSA) is 111 Å². The van der Waals surface area contributed by atoms with E-state index in [9.17, 15) is 13.2 Å². The molecule has 0 fully saturated rings. The molecule has 7 nitrogen and oxygen atoms in total. The van der Waals surface area contributed by atoms with E-state index >= 15 is 0 Å². The van der Waals surface area contributed by atoms with Crippen LogP contribution in [0.1, 0.15) is 28.4 Å². The van der Waals surface area contributed by atoms with E-state index in [1.165, 1.54) is 6.20 Å². The summed E-state index contributed by atoms with van der Waals surface area (Å²) in [5, 5.41) is 3.85. The standard InChI is InChI=1S/C21H21N3O4S/c1-3-12-9-14-19(24-16-5-4-6-17-13(16)7-8-28-17)15(21(22)25)11-23-20(14)18(10-12)29(2,26)27/h4-6,9-11H,3,7-8H2,1-2H3,(H2,22,25)(H,23,24). The zero-order chi connectivity index (χ0) is 20.8. The number of carbonyl (C=O) groups is 1. The second-order valence-corrected chi connectivity index (χ2v) is 9.02. The number of nitrogens with one attached hydrogen (secondary N) is 1. The number of pyridine rings is 1. The first-order valence-electron chi connectivity index (χ1n) is 9.26. The molecule has 1 aliphatic rings. The number of benzene rings is 2. The number of fused-ring (bicyclic) bond motifs is 2. The highest BCUT2D eigenvalue weighted by Crippen LogP contribution is 2.37. The summed E-state index contributed by atoms with van der Waals surface area (Å²) in [4.78, 5) is 16.5. The Kier molecular flexibility index (Phi) is 4.66. The van der Waals surface area contributed by atoms with Gasteiger partial charge in [0.15, 0.2) is 9.84 Å². The van der Waals surface area contributed by atoms with Crippen molar-refractivity contribution in [1.82, 2.24) is 4.98 Å². The van der Waals surface area contributed by atoms with Crippen LogP contribution in [0.3, 0.4) is 0 Å². The summed E-state index contributed by atoms with van der Waals surface area (Å²) in [6, 6.07) is 9.13. The lowest BCUT2D eigenvalue weighted by Crippen LogP contribution is -2.15. The molecule has 2 aromatic carbocycles. The molecule has 2 heterocycles. The monoisotopic (exact) mass is 411 g/mol. The summed E-state index contributed by atoms with van der Waals surface area (Å²) in [7, 11) is -3.52. The molecular formula is C21H21N3O4S. The van der Waals surface area contributed by atoms with Crippen LogP contribution >= 0.6 is 0 Å². The molecule has 1 amide bonds. The summed E-state index contributed by atoms with van der Waals surface area (Å²) in [6.07, 6.45) is 3.85. The Morgan fingerprint density at radius 1 is 1.31 bits per heavy atom. The van der Waals surface area contributed by atoms with Crippen molar-refractivity contribution in [2.45, 2.75) is 24.7 Å². The first-order valence-corrected chi connectivity index (χ1v) is 11.2. The highest BCUT2D eigenvalue weighted by atomic mass is 32.2. The summed E-state index contributed by atoms with van der Waals surface area (Å²) in [6.45, 7) is 2.53. The van der Waals surface area contributed by atoms with Crippen molar-refractivity contribution in [2.75, 3.05) is 18.2 Å². The molecule has 4 rings (SSSR count). The molecule has 150 valence electrons. The van der Waals surface area contributed by atoms with Crippen molar-refractivity contribution >= 4 is 38.0 Å². The smallest absolute Gasteiger partial charge is 0.252 e. The van der Waals surface area contributed by atoms with Gasteiger partial charge in [-0.05, 0) is 36.2 Å². The molecule has 0 saturated carbocycles. The van der Waals surface area contributed by atoms with Gasteiger partial charge < -0.3 is 15.8 Å². The fraction of sp³-hybridized carbons (Fsp3) is 0.238. The minimum atomic E-state index is -3.52. The summed E-state index contributed by atoms with van der Waals surface area (Å²) >= 11 is 0. The van der Waals surface area contributed by atoms with Crippen LogP contribution in [0.25, 0.3) is 10.9 Å². The Morgan fingerprint density at radius 3 is 2.79 bits per heavy atom. The quantitative estimate of drug-likeness (QED) is 0.668. The van der Waals surface area contributed by atoms with Crippen LogP contribution < -0.4 is 15.8 Å². The van der Waals surface area contributed by atoms with Gasteiger partial charge in [-0.3, -0.25) is 9.78 Å². The highest BCUT2D eigenvalue weighted by Gasteiger charge is 2.22. The minimum absolute atomic E-state index is 0.132. The number of anilines is 2. The lowest BCUT2D eigenvalue weighted by Gasteiger charge is -2.17. The largest absolute Gasteiger partial charge is 0.493 e. The number of aryl methyl sites for hydroxylation is 1. The number of nitrogens with two attached hydrogens (primary N) is 1. The van der Waals surface area contributed by atoms with Gasteiger partial charge in [0, 0.05) is 35.5 Å². The van der Waals surface area contributed by atoms with Gasteiger partial charge in [0.1, 0.15) is 5.75 Å². The number of nitrogens with zero attached hydrogens (tertiary/aromatic N) is 1. The third-order valence-corrected chi connectivity index (χ3v) is 6.18. The minimum Gasteiger partial charge on any atom is -0.493 e. The Balaban J connectivity index is 2.02. The van der Waals surface area contributed by atoms with Gasteiger partial charge in [-0.2, -0.15) is 0 Å². The summed E-state index contributed by atoms with van der Waals surface area (Å²) in [5.74, 6) is 0.147. The van der Waals surface area contributed by atoms with Crippen LogP contribution in [0.2, 0.25) is 0 Å². The van der Waals surface area contributed by atoms with Crippen molar-refractivity contribution < 1.29 is 17.9 Å². The number of hydrogen-bond acceptors (Lipinski definition) is 6. The molecule has 0 aliphatic carbocycles. The van der Waals surface area contributed by atoms with E-state index in [0.29, 0.717) is 29.6 Å². The van der Waals surface area contributed by atoms with Crippen LogP contribution in [0.4, 0.5) is 11.4 Å². The van der Waals surface area contributed by atoms with E-state index in [4.69, 9.17) is 10.5 Å². The molecule has 8 heteroatoms. The summed E-state index contributed by atoms with van der Waals surface area (Å²) in [5.41, 5.74) is 9.17. The zero-order valence-electron chi connectivity index (χ0n) is 16.2. The molecule has 0 unspecified atom stereocenters. The van der Waals surface area contributed by atoms with Gasteiger partial charge in [0.2, 0.25) is 0 Å². The fourth-order valence-electron chi connectivity index (χ4n) is 3.61. The molecular weight excluding hydrogens is 390 g/mol. The first kappa shape index (κ1) is 19.2.